The van der Waals surface area contributed by atoms with Crippen molar-refractivity contribution in [3.63, 3.8) is 0 Å². The summed E-state index contributed by atoms with van der Waals surface area (Å²) in [6.07, 6.45) is 1.70. The second-order valence-corrected chi connectivity index (χ2v) is 8.28. The van der Waals surface area contributed by atoms with E-state index < -0.39 is 9.84 Å². The van der Waals surface area contributed by atoms with Crippen LogP contribution in [0.3, 0.4) is 0 Å². The molecule has 2 aliphatic heterocycles. The lowest BCUT2D eigenvalue weighted by Gasteiger charge is -2.47. The van der Waals surface area contributed by atoms with E-state index in [2.05, 4.69) is 11.4 Å². The average Bonchev–Trinajstić information content (AvgIpc) is 2.75. The summed E-state index contributed by atoms with van der Waals surface area (Å²) in [5.41, 5.74) is 1.26. The van der Waals surface area contributed by atoms with Gasteiger partial charge < -0.3 is 10.1 Å². The van der Waals surface area contributed by atoms with E-state index >= 15 is 0 Å². The molecule has 1 unspecified atom stereocenters. The number of rotatable bonds is 4. The first-order chi connectivity index (χ1) is 9.55. The van der Waals surface area contributed by atoms with Crippen LogP contribution in [0.25, 0.3) is 0 Å². The molecule has 20 heavy (non-hydrogen) atoms. The van der Waals surface area contributed by atoms with E-state index in [-0.39, 0.29) is 11.3 Å². The summed E-state index contributed by atoms with van der Waals surface area (Å²) in [7, 11) is -1.14. The molecule has 2 fully saturated rings. The van der Waals surface area contributed by atoms with Gasteiger partial charge in [0.15, 0.2) is 9.84 Å². The second kappa shape index (κ2) is 5.04. The third-order valence-corrected chi connectivity index (χ3v) is 6.56. The SMILES string of the molecule is COc1ccccc1CC1(C2CCS(=O)(=O)C2)CNC1. The topological polar surface area (TPSA) is 55.4 Å². The van der Waals surface area contributed by atoms with Crippen LogP contribution >= 0.6 is 0 Å². The molecule has 110 valence electrons. The Labute approximate surface area is 120 Å². The Bertz CT molecular complexity index is 593. The molecule has 5 heteroatoms. The summed E-state index contributed by atoms with van der Waals surface area (Å²) >= 11 is 0. The van der Waals surface area contributed by atoms with Gasteiger partial charge in [-0.25, -0.2) is 8.42 Å². The molecular formula is C15H21NO3S. The van der Waals surface area contributed by atoms with Gasteiger partial charge >= 0.3 is 0 Å². The minimum Gasteiger partial charge on any atom is -0.496 e. The number of benzene rings is 1. The van der Waals surface area contributed by atoms with Crippen molar-refractivity contribution in [2.45, 2.75) is 12.8 Å². The third-order valence-electron chi connectivity index (χ3n) is 4.79. The van der Waals surface area contributed by atoms with Crippen molar-refractivity contribution in [1.29, 1.82) is 0 Å². The van der Waals surface area contributed by atoms with Crippen LogP contribution in [0.2, 0.25) is 0 Å². The summed E-state index contributed by atoms with van der Waals surface area (Å²) in [6.45, 7) is 1.82. The van der Waals surface area contributed by atoms with Crippen molar-refractivity contribution >= 4 is 9.84 Å². The number of hydrogen-bond donors (Lipinski definition) is 1. The van der Waals surface area contributed by atoms with Gasteiger partial charge in [0.1, 0.15) is 5.75 Å². The van der Waals surface area contributed by atoms with Gasteiger partial charge in [0, 0.05) is 18.5 Å². The molecule has 3 rings (SSSR count). The first kappa shape index (κ1) is 13.9. The van der Waals surface area contributed by atoms with Gasteiger partial charge in [0.25, 0.3) is 0 Å². The van der Waals surface area contributed by atoms with E-state index in [1.165, 1.54) is 5.56 Å². The molecule has 1 aromatic rings. The smallest absolute Gasteiger partial charge is 0.150 e. The Kier molecular flexibility index (Phi) is 3.50. The summed E-state index contributed by atoms with van der Waals surface area (Å²) in [6, 6.07) is 8.04. The minimum absolute atomic E-state index is 0.0816. The van der Waals surface area contributed by atoms with E-state index in [0.29, 0.717) is 11.5 Å². The maximum Gasteiger partial charge on any atom is 0.150 e. The van der Waals surface area contributed by atoms with Gasteiger partial charge in [-0.1, -0.05) is 18.2 Å². The molecule has 4 nitrogen and oxygen atoms in total. The molecule has 0 aromatic heterocycles. The van der Waals surface area contributed by atoms with Crippen LogP contribution in [-0.4, -0.2) is 40.1 Å². The molecular weight excluding hydrogens is 274 g/mol. The summed E-state index contributed by atoms with van der Waals surface area (Å²) < 4.78 is 28.9. The van der Waals surface area contributed by atoms with Crippen LogP contribution in [0.5, 0.6) is 5.75 Å². The standard InChI is InChI=1S/C15H21NO3S/c1-19-14-5-3-2-4-12(14)8-15(10-16-11-15)13-6-7-20(17,18)9-13/h2-5,13,16H,6-11H2,1H3. The highest BCUT2D eigenvalue weighted by Gasteiger charge is 2.48. The van der Waals surface area contributed by atoms with Crippen LogP contribution in [0.15, 0.2) is 24.3 Å². The quantitative estimate of drug-likeness (QED) is 0.908. The highest BCUT2D eigenvalue weighted by Crippen LogP contribution is 2.43. The van der Waals surface area contributed by atoms with Crippen molar-refractivity contribution in [1.82, 2.24) is 5.32 Å². The maximum absolute atomic E-state index is 11.8. The Morgan fingerprint density at radius 3 is 2.65 bits per heavy atom. The fourth-order valence-corrected chi connectivity index (χ4v) is 5.45. The molecule has 0 spiro atoms. The number of ether oxygens (including phenoxy) is 1. The maximum atomic E-state index is 11.8. The van der Waals surface area contributed by atoms with E-state index in [1.54, 1.807) is 7.11 Å². The normalized spacial score (nSPS) is 26.9. The van der Waals surface area contributed by atoms with Crippen molar-refractivity contribution in [3.05, 3.63) is 29.8 Å². The van der Waals surface area contributed by atoms with Crippen LogP contribution < -0.4 is 10.1 Å². The average molecular weight is 295 g/mol. The molecule has 2 aliphatic rings. The van der Waals surface area contributed by atoms with E-state index in [9.17, 15) is 8.42 Å². The zero-order valence-corrected chi connectivity index (χ0v) is 12.6. The molecule has 0 bridgehead atoms. The van der Waals surface area contributed by atoms with E-state index in [0.717, 1.165) is 31.7 Å². The van der Waals surface area contributed by atoms with Crippen molar-refractivity contribution in [2.24, 2.45) is 11.3 Å². The number of nitrogens with one attached hydrogen (secondary N) is 1. The molecule has 0 amide bonds. The van der Waals surface area contributed by atoms with E-state index in [4.69, 9.17) is 4.74 Å². The zero-order valence-electron chi connectivity index (χ0n) is 11.8. The highest BCUT2D eigenvalue weighted by atomic mass is 32.2. The predicted octanol–water partition coefficient (Wildman–Crippen LogP) is 1.26. The molecule has 1 aromatic carbocycles. The van der Waals surface area contributed by atoms with Gasteiger partial charge in [-0.3, -0.25) is 0 Å². The fourth-order valence-electron chi connectivity index (χ4n) is 3.51. The number of sulfone groups is 1. The molecule has 1 atom stereocenters. The Balaban J connectivity index is 1.83. The molecule has 0 aliphatic carbocycles. The molecule has 2 saturated heterocycles. The summed E-state index contributed by atoms with van der Waals surface area (Å²) in [4.78, 5) is 0. The van der Waals surface area contributed by atoms with Gasteiger partial charge in [0.2, 0.25) is 0 Å². The first-order valence-corrected chi connectivity index (χ1v) is 8.90. The first-order valence-electron chi connectivity index (χ1n) is 7.08. The van der Waals surface area contributed by atoms with E-state index in [1.807, 2.05) is 18.2 Å². The van der Waals surface area contributed by atoms with Crippen LogP contribution in [0.1, 0.15) is 12.0 Å². The molecule has 0 radical (unpaired) electrons. The number of hydrogen-bond acceptors (Lipinski definition) is 4. The lowest BCUT2D eigenvalue weighted by atomic mass is 9.66. The van der Waals surface area contributed by atoms with Crippen LogP contribution in [-0.2, 0) is 16.3 Å². The van der Waals surface area contributed by atoms with Crippen molar-refractivity contribution in [3.8, 4) is 5.75 Å². The van der Waals surface area contributed by atoms with Crippen molar-refractivity contribution in [2.75, 3.05) is 31.7 Å². The predicted molar refractivity (Wildman–Crippen MR) is 78.8 cm³/mol. The summed E-state index contributed by atoms with van der Waals surface area (Å²) in [5.74, 6) is 1.88. The Morgan fingerprint density at radius 1 is 1.35 bits per heavy atom. The summed E-state index contributed by atoms with van der Waals surface area (Å²) in [5, 5.41) is 3.33. The lowest BCUT2D eigenvalue weighted by Crippen LogP contribution is -2.59. The highest BCUT2D eigenvalue weighted by molar-refractivity contribution is 7.91. The Morgan fingerprint density at radius 2 is 2.10 bits per heavy atom. The fraction of sp³-hybridized carbons (Fsp3) is 0.600. The Hall–Kier alpha value is -1.07. The molecule has 2 heterocycles. The third kappa shape index (κ3) is 2.44. The van der Waals surface area contributed by atoms with Gasteiger partial charge in [-0.15, -0.1) is 0 Å². The number of para-hydroxylation sites is 1. The van der Waals surface area contributed by atoms with Crippen LogP contribution in [0, 0.1) is 11.3 Å². The van der Waals surface area contributed by atoms with Crippen molar-refractivity contribution < 1.29 is 13.2 Å². The van der Waals surface area contributed by atoms with Gasteiger partial charge in [0.05, 0.1) is 18.6 Å². The minimum atomic E-state index is -2.82. The van der Waals surface area contributed by atoms with Gasteiger partial charge in [-0.05, 0) is 30.4 Å². The zero-order chi connectivity index (χ0) is 14.2. The molecule has 1 N–H and O–H groups in total. The second-order valence-electron chi connectivity index (χ2n) is 6.05. The largest absolute Gasteiger partial charge is 0.496 e. The lowest BCUT2D eigenvalue weighted by molar-refractivity contribution is 0.0916. The number of methoxy groups -OCH3 is 1. The van der Waals surface area contributed by atoms with Crippen LogP contribution in [0.4, 0.5) is 0 Å². The van der Waals surface area contributed by atoms with Gasteiger partial charge in [-0.2, -0.15) is 0 Å². The monoisotopic (exact) mass is 295 g/mol. The molecule has 0 saturated carbocycles.